The highest BCUT2D eigenvalue weighted by Crippen LogP contribution is 2.61. The highest BCUT2D eigenvalue weighted by atomic mass is 16.8. The smallest absolute Gasteiger partial charge is 0.331 e. The second-order valence-electron chi connectivity index (χ2n) is 17.1. The van der Waals surface area contributed by atoms with Crippen LogP contribution in [0.5, 0.6) is 11.5 Å². The van der Waals surface area contributed by atoms with Crippen LogP contribution in [0.4, 0.5) is 0 Å². The number of ether oxygens (including phenoxy) is 16. The summed E-state index contributed by atoms with van der Waals surface area (Å²) in [6.45, 7) is 9.42. The maximum Gasteiger partial charge on any atom is 0.331 e. The zero-order valence-electron chi connectivity index (χ0n) is 40.8. The summed E-state index contributed by atoms with van der Waals surface area (Å²) in [5.74, 6) is -8.81. The van der Waals surface area contributed by atoms with Gasteiger partial charge in [-0.1, -0.05) is 6.07 Å². The molecule has 5 aliphatic rings. The molecule has 3 saturated heterocycles. The summed E-state index contributed by atoms with van der Waals surface area (Å²) in [6.07, 6.45) is -13.3. The van der Waals surface area contributed by atoms with E-state index >= 15 is 0 Å². The first-order chi connectivity index (χ1) is 34.0. The summed E-state index contributed by atoms with van der Waals surface area (Å²) in [6, 6.07) is 4.52. The number of rotatable bonds is 18. The second-order valence-corrected chi connectivity index (χ2v) is 17.1. The van der Waals surface area contributed by atoms with Gasteiger partial charge in [-0.25, -0.2) is 4.79 Å². The Hall–Kier alpha value is -6.67. The Labute approximate surface area is 411 Å². The summed E-state index contributed by atoms with van der Waals surface area (Å²) < 4.78 is 92.8. The molecule has 16 atom stereocenters. The number of benzene rings is 1. The van der Waals surface area contributed by atoms with Gasteiger partial charge in [-0.2, -0.15) is 0 Å². The van der Waals surface area contributed by atoms with E-state index in [1.807, 2.05) is 0 Å². The van der Waals surface area contributed by atoms with Crippen LogP contribution >= 0.6 is 0 Å². The number of carbonyl (C=O) groups is 9. The summed E-state index contributed by atoms with van der Waals surface area (Å²) in [5, 5.41) is 0. The average molecular weight is 1020 g/mol. The van der Waals surface area contributed by atoms with Gasteiger partial charge in [0, 0.05) is 67.4 Å². The molecule has 1 aromatic rings. The minimum absolute atomic E-state index is 0.0761. The van der Waals surface area contributed by atoms with Crippen LogP contribution in [0.2, 0.25) is 0 Å². The van der Waals surface area contributed by atoms with Gasteiger partial charge in [-0.15, -0.1) is 0 Å². The van der Waals surface area contributed by atoms with E-state index in [0.717, 1.165) is 47.6 Å². The molecule has 1 saturated carbocycles. The van der Waals surface area contributed by atoms with Gasteiger partial charge in [0.25, 0.3) is 0 Å². The minimum Gasteiger partial charge on any atom is -0.493 e. The lowest BCUT2D eigenvalue weighted by Crippen LogP contribution is -2.64. The number of methoxy groups -OCH3 is 1. The largest absolute Gasteiger partial charge is 0.493 e. The molecule has 6 rings (SSSR count). The average Bonchev–Trinajstić information content (AvgIpc) is 3.95. The van der Waals surface area contributed by atoms with Crippen LogP contribution in [0.15, 0.2) is 36.6 Å². The van der Waals surface area contributed by atoms with E-state index in [2.05, 4.69) is 0 Å². The molecule has 25 nitrogen and oxygen atoms in total. The molecule has 25 heteroatoms. The SMILES string of the molecule is COc1ccc(/C=C/C(=O)O[C@@H]2[C@@H](OC(C)=O)[C@H](C)O[C@@H](O[C@H]3[C@@H]4C=CO[C@@H](O[C@@H]5O[C@H](COC(C)=O)[C@@H](OC(C)=O)[C@H](OC(C)=O)[C@H]5OC(C)=O)[C@@H]4[C@@]4(COC(C)=O)O[C@@H]34)[C@@H]2OC(C)=O)cc1OC(C)=O. The Kier molecular flexibility index (Phi) is 17.7. The van der Waals surface area contributed by atoms with Crippen LogP contribution in [0.1, 0.15) is 67.9 Å². The molecule has 0 radical (unpaired) electrons. The molecule has 4 heterocycles. The maximum atomic E-state index is 13.6. The van der Waals surface area contributed by atoms with E-state index in [4.69, 9.17) is 75.8 Å². The maximum absolute atomic E-state index is 13.6. The monoisotopic (exact) mass is 1020 g/mol. The van der Waals surface area contributed by atoms with Gasteiger partial charge >= 0.3 is 53.7 Å². The molecule has 394 valence electrons. The first-order valence-corrected chi connectivity index (χ1v) is 22.5. The topological polar surface area (TPSA) is 305 Å². The third-order valence-corrected chi connectivity index (χ3v) is 11.7. The standard InChI is InChI=1S/C47H56O25/c1-20-36(63-24(5)51)39(69-34(56)14-12-29-11-13-31(57-10)32(17-29)62-23(4)50)41(66-27(8)54)45(61-20)70-37-30-15-16-58-44(35(30)47(43(37)72-47)19-60-22(3)49)71-46-42(67-28(9)55)40(65-26(7)53)38(64-25(6)52)33(68-46)18-59-21(2)48/h11-17,20,30,33,35-46H,18-19H2,1-10H3/b14-12+/t20-,30+,33+,35+,36-,37-,38+,39+,40-,41+,42+,43-,44-,45-,46-,47+/m0/s1. The van der Waals surface area contributed by atoms with Crippen molar-refractivity contribution in [3.05, 3.63) is 42.2 Å². The molecule has 0 unspecified atom stereocenters. The quantitative estimate of drug-likeness (QED) is 0.0661. The van der Waals surface area contributed by atoms with Crippen LogP contribution in [0.25, 0.3) is 6.08 Å². The van der Waals surface area contributed by atoms with Crippen molar-refractivity contribution in [2.45, 2.75) is 148 Å². The van der Waals surface area contributed by atoms with Gasteiger partial charge in [0.15, 0.2) is 54.4 Å². The van der Waals surface area contributed by atoms with E-state index in [0.29, 0.717) is 5.56 Å². The number of hydrogen-bond donors (Lipinski definition) is 0. The van der Waals surface area contributed by atoms with E-state index in [-0.39, 0.29) is 11.5 Å². The lowest BCUT2D eigenvalue weighted by Gasteiger charge is -2.46. The van der Waals surface area contributed by atoms with Gasteiger partial charge in [-0.05, 0) is 36.8 Å². The normalized spacial score (nSPS) is 33.1. The highest BCUT2D eigenvalue weighted by Gasteiger charge is 2.78. The number of hydrogen-bond acceptors (Lipinski definition) is 25. The van der Waals surface area contributed by atoms with Gasteiger partial charge in [0.2, 0.25) is 12.6 Å². The van der Waals surface area contributed by atoms with E-state index in [1.54, 1.807) is 12.1 Å². The second kappa shape index (κ2) is 23.3. The third-order valence-electron chi connectivity index (χ3n) is 11.7. The van der Waals surface area contributed by atoms with Crippen molar-refractivity contribution in [3.8, 4) is 11.5 Å². The number of fused-ring (bicyclic) bond motifs is 3. The molecule has 4 aliphatic heterocycles. The van der Waals surface area contributed by atoms with Crippen LogP contribution in [-0.2, 0) is 109 Å². The van der Waals surface area contributed by atoms with Gasteiger partial charge < -0.3 is 75.8 Å². The molecule has 0 spiro atoms. The zero-order chi connectivity index (χ0) is 52.8. The Morgan fingerprint density at radius 1 is 0.597 bits per heavy atom. The molecule has 4 fully saturated rings. The Bertz CT molecular complexity index is 2310. The van der Waals surface area contributed by atoms with Crippen LogP contribution in [0.3, 0.4) is 0 Å². The van der Waals surface area contributed by atoms with Crippen molar-refractivity contribution >= 4 is 59.8 Å². The Morgan fingerprint density at radius 3 is 1.75 bits per heavy atom. The fourth-order valence-electron chi connectivity index (χ4n) is 9.03. The molecule has 1 aromatic carbocycles. The highest BCUT2D eigenvalue weighted by molar-refractivity contribution is 5.87. The summed E-state index contributed by atoms with van der Waals surface area (Å²) >= 11 is 0. The zero-order valence-corrected chi connectivity index (χ0v) is 40.8. The molecule has 0 bridgehead atoms. The summed E-state index contributed by atoms with van der Waals surface area (Å²) in [5.41, 5.74) is -1.06. The van der Waals surface area contributed by atoms with Crippen LogP contribution < -0.4 is 9.47 Å². The molecule has 72 heavy (non-hydrogen) atoms. The number of carbonyl (C=O) groups excluding carboxylic acids is 9. The van der Waals surface area contributed by atoms with E-state index in [9.17, 15) is 43.2 Å². The minimum atomic E-state index is -1.72. The summed E-state index contributed by atoms with van der Waals surface area (Å²) in [7, 11) is 1.38. The molecular formula is C47H56O25. The Balaban J connectivity index is 1.32. The van der Waals surface area contributed by atoms with E-state index in [1.165, 1.54) is 52.4 Å². The molecule has 1 aliphatic carbocycles. The first kappa shape index (κ1) is 54.7. The van der Waals surface area contributed by atoms with E-state index < -0.39 is 164 Å². The third kappa shape index (κ3) is 13.0. The molecule has 0 amide bonds. The number of epoxide rings is 1. The van der Waals surface area contributed by atoms with Crippen LogP contribution in [0, 0.1) is 11.8 Å². The van der Waals surface area contributed by atoms with Crippen molar-refractivity contribution in [2.75, 3.05) is 20.3 Å². The lowest BCUT2D eigenvalue weighted by molar-refractivity contribution is -0.349. The van der Waals surface area contributed by atoms with Gasteiger partial charge in [0.05, 0.1) is 31.5 Å². The van der Waals surface area contributed by atoms with Crippen molar-refractivity contribution in [3.63, 3.8) is 0 Å². The van der Waals surface area contributed by atoms with Crippen molar-refractivity contribution in [1.82, 2.24) is 0 Å². The van der Waals surface area contributed by atoms with Crippen molar-refractivity contribution < 1.29 is 119 Å². The lowest BCUT2D eigenvalue weighted by atomic mass is 9.85. The Morgan fingerprint density at radius 2 is 1.17 bits per heavy atom. The molecular weight excluding hydrogens is 964 g/mol. The molecule has 0 aromatic heterocycles. The molecule has 0 N–H and O–H groups in total. The fraction of sp³-hybridized carbons (Fsp3) is 0.596. The predicted octanol–water partition coefficient (Wildman–Crippen LogP) is 1.46. The predicted molar refractivity (Wildman–Crippen MR) is 232 cm³/mol. The van der Waals surface area contributed by atoms with Gasteiger partial charge in [-0.3, -0.25) is 38.4 Å². The summed E-state index contributed by atoms with van der Waals surface area (Å²) in [4.78, 5) is 112. The van der Waals surface area contributed by atoms with Crippen molar-refractivity contribution in [1.29, 1.82) is 0 Å². The first-order valence-electron chi connectivity index (χ1n) is 22.5. The van der Waals surface area contributed by atoms with Crippen LogP contribution in [-0.4, -0.2) is 160 Å². The fourth-order valence-corrected chi connectivity index (χ4v) is 9.03. The van der Waals surface area contributed by atoms with Gasteiger partial charge in [0.1, 0.15) is 31.0 Å². The number of esters is 9. The van der Waals surface area contributed by atoms with Crippen molar-refractivity contribution in [2.24, 2.45) is 11.8 Å².